The minimum atomic E-state index is -0.720. The van der Waals surface area contributed by atoms with E-state index in [1.165, 1.54) is 12.1 Å². The monoisotopic (exact) mass is 486 g/mol. The second-order valence-electron chi connectivity index (χ2n) is 8.60. The number of piperazine rings is 1. The van der Waals surface area contributed by atoms with Crippen LogP contribution in [0.25, 0.3) is 4.85 Å². The molecule has 1 fully saturated rings. The first-order valence-electron chi connectivity index (χ1n) is 11.7. The van der Waals surface area contributed by atoms with Crippen LogP contribution in [0.2, 0.25) is 0 Å². The highest BCUT2D eigenvalue weighted by Crippen LogP contribution is 2.35. The van der Waals surface area contributed by atoms with E-state index < -0.39 is 6.10 Å². The summed E-state index contributed by atoms with van der Waals surface area (Å²) in [6.45, 7) is 9.34. The summed E-state index contributed by atoms with van der Waals surface area (Å²) >= 11 is 0. The second-order valence-corrected chi connectivity index (χ2v) is 8.60. The molecule has 0 amide bonds. The van der Waals surface area contributed by atoms with E-state index in [0.29, 0.717) is 43.2 Å². The fourth-order valence-electron chi connectivity index (χ4n) is 4.49. The highest BCUT2D eigenvalue weighted by atomic mass is 19.1. The molecule has 36 heavy (non-hydrogen) atoms. The zero-order valence-electron chi connectivity index (χ0n) is 19.7. The Bertz CT molecular complexity index is 1250. The SMILES string of the molecule is [C-]#[N+]c1ccc([C@@H](O)CN2CCN(c3ccc(OCCO)cc3C#N)[C@H](c3ccc(F)cc3)C2)cc1. The molecule has 0 bridgehead atoms. The summed E-state index contributed by atoms with van der Waals surface area (Å²) in [5.74, 6) is 0.188. The third kappa shape index (κ3) is 5.81. The lowest BCUT2D eigenvalue weighted by molar-refractivity contribution is 0.100. The first kappa shape index (κ1) is 25.2. The van der Waals surface area contributed by atoms with Crippen LogP contribution in [0.1, 0.15) is 28.8 Å². The maximum absolute atomic E-state index is 13.7. The van der Waals surface area contributed by atoms with Crippen LogP contribution < -0.4 is 9.64 Å². The summed E-state index contributed by atoms with van der Waals surface area (Å²) in [6.07, 6.45) is -0.720. The molecule has 2 N–H and O–H groups in total. The van der Waals surface area contributed by atoms with Gasteiger partial charge in [-0.1, -0.05) is 36.4 Å². The Morgan fingerprint density at radius 2 is 1.86 bits per heavy atom. The normalized spacial score (nSPS) is 16.7. The number of anilines is 1. The Morgan fingerprint density at radius 1 is 1.11 bits per heavy atom. The molecule has 1 heterocycles. The van der Waals surface area contributed by atoms with Crippen molar-refractivity contribution in [1.82, 2.24) is 4.90 Å². The molecule has 1 aliphatic rings. The Hall–Kier alpha value is -3.95. The number of rotatable bonds is 8. The Labute approximate surface area is 210 Å². The number of aliphatic hydroxyl groups is 2. The number of aliphatic hydroxyl groups excluding tert-OH is 2. The highest BCUT2D eigenvalue weighted by molar-refractivity contribution is 5.63. The van der Waals surface area contributed by atoms with Crippen LogP contribution in [0.15, 0.2) is 66.7 Å². The van der Waals surface area contributed by atoms with Gasteiger partial charge in [0.15, 0.2) is 5.69 Å². The van der Waals surface area contributed by atoms with Gasteiger partial charge in [-0.25, -0.2) is 9.24 Å². The van der Waals surface area contributed by atoms with E-state index in [2.05, 4.69) is 20.7 Å². The van der Waals surface area contributed by atoms with E-state index in [-0.39, 0.29) is 25.1 Å². The van der Waals surface area contributed by atoms with Crippen LogP contribution in [-0.4, -0.2) is 54.5 Å². The van der Waals surface area contributed by atoms with Gasteiger partial charge in [-0.3, -0.25) is 4.90 Å². The predicted molar refractivity (Wildman–Crippen MR) is 134 cm³/mol. The third-order valence-electron chi connectivity index (χ3n) is 6.32. The number of hydrogen-bond donors (Lipinski definition) is 2. The maximum atomic E-state index is 13.7. The summed E-state index contributed by atoms with van der Waals surface area (Å²) in [4.78, 5) is 7.68. The van der Waals surface area contributed by atoms with Gasteiger partial charge in [-0.15, -0.1) is 0 Å². The van der Waals surface area contributed by atoms with E-state index >= 15 is 0 Å². The summed E-state index contributed by atoms with van der Waals surface area (Å²) < 4.78 is 19.1. The fraction of sp³-hybridized carbons (Fsp3) is 0.286. The van der Waals surface area contributed by atoms with Gasteiger partial charge in [-0.05, 0) is 41.5 Å². The molecular weight excluding hydrogens is 459 g/mol. The lowest BCUT2D eigenvalue weighted by atomic mass is 9.99. The van der Waals surface area contributed by atoms with Crippen molar-refractivity contribution < 1.29 is 19.3 Å². The minimum absolute atomic E-state index is 0.117. The molecule has 4 rings (SSSR count). The number of benzene rings is 3. The van der Waals surface area contributed by atoms with Crippen LogP contribution in [0, 0.1) is 23.7 Å². The van der Waals surface area contributed by atoms with Crippen molar-refractivity contribution in [3.8, 4) is 11.8 Å². The summed E-state index contributed by atoms with van der Waals surface area (Å²) in [6, 6.07) is 20.6. The summed E-state index contributed by atoms with van der Waals surface area (Å²) in [5.41, 5.74) is 3.37. The molecule has 3 aromatic rings. The van der Waals surface area contributed by atoms with E-state index in [4.69, 9.17) is 16.4 Å². The van der Waals surface area contributed by atoms with Crippen molar-refractivity contribution in [2.45, 2.75) is 12.1 Å². The Balaban J connectivity index is 1.58. The van der Waals surface area contributed by atoms with Gasteiger partial charge in [0.1, 0.15) is 24.2 Å². The molecule has 8 heteroatoms. The molecule has 0 aliphatic carbocycles. The summed E-state index contributed by atoms with van der Waals surface area (Å²) in [7, 11) is 0. The van der Waals surface area contributed by atoms with Crippen LogP contribution in [0.5, 0.6) is 5.75 Å². The van der Waals surface area contributed by atoms with Crippen LogP contribution in [0.3, 0.4) is 0 Å². The number of β-amino-alcohol motifs (C(OH)–C–C–N with tert-alkyl or cyclic N) is 1. The number of ether oxygens (including phenoxy) is 1. The lowest BCUT2D eigenvalue weighted by Gasteiger charge is -2.44. The Kier molecular flexibility index (Phi) is 8.14. The number of halogens is 1. The average Bonchev–Trinajstić information content (AvgIpc) is 2.92. The van der Waals surface area contributed by atoms with Gasteiger partial charge in [0.2, 0.25) is 0 Å². The van der Waals surface area contributed by atoms with E-state index in [1.807, 2.05) is 6.07 Å². The van der Waals surface area contributed by atoms with Crippen LogP contribution in [-0.2, 0) is 0 Å². The topological polar surface area (TPSA) is 84.3 Å². The standard InChI is InChI=1S/C28H27FN4O3/c1-31-24-8-4-21(5-9-24)28(35)19-32-12-13-33(27(18-32)20-2-6-23(29)7-3-20)26-11-10-25(36-15-14-34)16-22(26)17-30/h2-11,16,27-28,34-35H,12-15,18-19H2/t27-,28-/m0/s1. The quantitative estimate of drug-likeness (QED) is 0.464. The van der Waals surface area contributed by atoms with Gasteiger partial charge < -0.3 is 19.8 Å². The molecule has 0 spiro atoms. The van der Waals surface area contributed by atoms with E-state index in [9.17, 15) is 14.8 Å². The summed E-state index contributed by atoms with van der Waals surface area (Å²) in [5, 5.41) is 29.7. The van der Waals surface area contributed by atoms with E-state index in [0.717, 1.165) is 16.8 Å². The van der Waals surface area contributed by atoms with Crippen LogP contribution in [0.4, 0.5) is 15.8 Å². The molecule has 1 aliphatic heterocycles. The minimum Gasteiger partial charge on any atom is -0.491 e. The van der Waals surface area contributed by atoms with Crippen molar-refractivity contribution in [2.75, 3.05) is 44.3 Å². The highest BCUT2D eigenvalue weighted by Gasteiger charge is 2.31. The van der Waals surface area contributed by atoms with Crippen molar-refractivity contribution in [3.05, 3.63) is 101 Å². The van der Waals surface area contributed by atoms with Gasteiger partial charge in [0, 0.05) is 26.2 Å². The molecule has 3 aromatic carbocycles. The molecule has 184 valence electrons. The van der Waals surface area contributed by atoms with Gasteiger partial charge >= 0.3 is 0 Å². The zero-order valence-corrected chi connectivity index (χ0v) is 19.7. The molecule has 2 atom stereocenters. The maximum Gasteiger partial charge on any atom is 0.187 e. The molecule has 0 saturated carbocycles. The predicted octanol–water partition coefficient (Wildman–Crippen LogP) is 4.22. The van der Waals surface area contributed by atoms with Crippen molar-refractivity contribution in [1.29, 1.82) is 5.26 Å². The number of nitrogens with zero attached hydrogens (tertiary/aromatic N) is 4. The molecule has 0 unspecified atom stereocenters. The van der Waals surface area contributed by atoms with Crippen molar-refractivity contribution in [2.24, 2.45) is 0 Å². The number of nitriles is 1. The fourth-order valence-corrected chi connectivity index (χ4v) is 4.49. The number of hydrogen-bond acceptors (Lipinski definition) is 6. The molecule has 0 radical (unpaired) electrons. The first-order valence-corrected chi connectivity index (χ1v) is 11.7. The first-order chi connectivity index (χ1) is 17.5. The lowest BCUT2D eigenvalue weighted by Crippen LogP contribution is -2.49. The Morgan fingerprint density at radius 3 is 2.53 bits per heavy atom. The third-order valence-corrected chi connectivity index (χ3v) is 6.32. The second kappa shape index (κ2) is 11.7. The smallest absolute Gasteiger partial charge is 0.187 e. The average molecular weight is 487 g/mol. The van der Waals surface area contributed by atoms with Gasteiger partial charge in [0.05, 0.1) is 36.6 Å². The molecule has 1 saturated heterocycles. The van der Waals surface area contributed by atoms with Crippen LogP contribution >= 0.6 is 0 Å². The van der Waals surface area contributed by atoms with Gasteiger partial charge in [0.25, 0.3) is 0 Å². The van der Waals surface area contributed by atoms with Gasteiger partial charge in [-0.2, -0.15) is 5.26 Å². The van der Waals surface area contributed by atoms with Crippen molar-refractivity contribution in [3.63, 3.8) is 0 Å². The molecule has 7 nitrogen and oxygen atoms in total. The molecular formula is C28H27FN4O3. The van der Waals surface area contributed by atoms with E-state index in [1.54, 1.807) is 48.5 Å². The molecule has 0 aromatic heterocycles. The largest absolute Gasteiger partial charge is 0.491 e. The zero-order chi connectivity index (χ0) is 25.5. The van der Waals surface area contributed by atoms with Crippen molar-refractivity contribution >= 4 is 11.4 Å².